The predicted molar refractivity (Wildman–Crippen MR) is 114 cm³/mol. The Morgan fingerprint density at radius 3 is 2.70 bits per heavy atom. The molecule has 4 aromatic rings. The minimum absolute atomic E-state index is 0.204. The maximum atomic E-state index is 10.7. The van der Waals surface area contributed by atoms with Gasteiger partial charge < -0.3 is 9.29 Å². The van der Waals surface area contributed by atoms with E-state index >= 15 is 0 Å². The number of ether oxygens (including phenoxy) is 1. The zero-order chi connectivity index (χ0) is 20.8. The van der Waals surface area contributed by atoms with Crippen LogP contribution in [0.4, 0.5) is 0 Å². The largest absolute Gasteiger partial charge is 0.760 e. The summed E-state index contributed by atoms with van der Waals surface area (Å²) in [6.07, 6.45) is 1.93. The molecule has 150 valence electrons. The van der Waals surface area contributed by atoms with Crippen molar-refractivity contribution in [2.75, 3.05) is 0 Å². The van der Waals surface area contributed by atoms with E-state index in [1.165, 1.54) is 0 Å². The third-order valence-corrected chi connectivity index (χ3v) is 4.75. The van der Waals surface area contributed by atoms with E-state index in [-0.39, 0.29) is 13.2 Å². The normalized spacial score (nSPS) is 11.6. The van der Waals surface area contributed by atoms with Crippen molar-refractivity contribution in [3.05, 3.63) is 102 Å². The van der Waals surface area contributed by atoms with Gasteiger partial charge >= 0.3 is 0 Å². The summed E-state index contributed by atoms with van der Waals surface area (Å²) in [7, 11) is 0. The molecule has 0 aliphatic rings. The maximum absolute atomic E-state index is 10.7. The second-order valence-corrected chi connectivity index (χ2v) is 7.20. The lowest BCUT2D eigenvalue weighted by Gasteiger charge is -2.09. The van der Waals surface area contributed by atoms with Crippen LogP contribution in [0.3, 0.4) is 0 Å². The van der Waals surface area contributed by atoms with Crippen LogP contribution in [0.25, 0.3) is 5.65 Å². The topological polar surface area (TPSA) is 78.7 Å². The summed E-state index contributed by atoms with van der Waals surface area (Å²) in [5.41, 5.74) is 4.02. The van der Waals surface area contributed by atoms with Gasteiger partial charge in [0.2, 0.25) is 0 Å². The van der Waals surface area contributed by atoms with Crippen molar-refractivity contribution in [1.82, 2.24) is 14.1 Å². The summed E-state index contributed by atoms with van der Waals surface area (Å²) in [5, 5.41) is 0. The van der Waals surface area contributed by atoms with Crippen LogP contribution in [0, 0.1) is 11.8 Å². The SMILES string of the molecule is O=S([O-])NCc1cccc(OCc2nc3ccccn3c2C#Cc2ccccc2)c1. The number of aromatic nitrogens is 2. The summed E-state index contributed by atoms with van der Waals surface area (Å²) >= 11 is -2.31. The monoisotopic (exact) mass is 416 g/mol. The second-order valence-electron chi connectivity index (χ2n) is 6.44. The summed E-state index contributed by atoms with van der Waals surface area (Å²) in [6.45, 7) is 0.445. The average Bonchev–Trinajstić information content (AvgIpc) is 3.13. The Hall–Kier alpha value is -3.44. The van der Waals surface area contributed by atoms with Gasteiger partial charge in [-0.1, -0.05) is 42.3 Å². The fourth-order valence-electron chi connectivity index (χ4n) is 2.97. The molecule has 0 spiro atoms. The third kappa shape index (κ3) is 4.93. The molecule has 1 unspecified atom stereocenters. The lowest BCUT2D eigenvalue weighted by molar-refractivity contribution is 0.301. The zero-order valence-corrected chi connectivity index (χ0v) is 16.8. The van der Waals surface area contributed by atoms with Crippen molar-refractivity contribution >= 4 is 16.9 Å². The van der Waals surface area contributed by atoms with E-state index in [4.69, 9.17) is 4.74 Å². The molecule has 0 aliphatic carbocycles. The number of nitrogens with zero attached hydrogens (tertiary/aromatic N) is 2. The smallest absolute Gasteiger partial charge is 0.138 e. The Bertz CT molecular complexity index is 1240. The lowest BCUT2D eigenvalue weighted by atomic mass is 10.2. The van der Waals surface area contributed by atoms with E-state index < -0.39 is 11.3 Å². The van der Waals surface area contributed by atoms with E-state index in [9.17, 15) is 8.76 Å². The highest BCUT2D eigenvalue weighted by Crippen LogP contribution is 2.18. The number of hydrogen-bond donors (Lipinski definition) is 1. The molecular weight excluding hydrogens is 398 g/mol. The van der Waals surface area contributed by atoms with Crippen LogP contribution in [0.2, 0.25) is 0 Å². The number of nitrogens with one attached hydrogen (secondary N) is 1. The molecule has 7 heteroatoms. The number of pyridine rings is 1. The van der Waals surface area contributed by atoms with E-state index in [0.717, 1.165) is 28.2 Å². The standard InChI is InChI=1S/C23H19N3O3S/c27-30(28)24-16-19-9-6-10-20(15-19)29-17-21-22(13-12-18-7-2-1-3-8-18)26-14-5-4-11-23(26)25-21/h1-11,14-15,24H,16-17H2,(H,27,28)/p-1. The van der Waals surface area contributed by atoms with Crippen LogP contribution in [0.5, 0.6) is 5.75 Å². The van der Waals surface area contributed by atoms with Crippen molar-refractivity contribution in [1.29, 1.82) is 0 Å². The van der Waals surface area contributed by atoms with Crippen LogP contribution in [-0.2, 0) is 24.4 Å². The predicted octanol–water partition coefficient (Wildman–Crippen LogP) is 3.20. The molecule has 6 nitrogen and oxygen atoms in total. The quantitative estimate of drug-likeness (QED) is 0.387. The van der Waals surface area contributed by atoms with Gasteiger partial charge in [-0.15, -0.1) is 0 Å². The molecule has 2 aromatic carbocycles. The Labute approximate surface area is 177 Å². The number of fused-ring (bicyclic) bond motifs is 1. The highest BCUT2D eigenvalue weighted by Gasteiger charge is 2.11. The first-order chi connectivity index (χ1) is 14.7. The third-order valence-electron chi connectivity index (χ3n) is 4.37. The van der Waals surface area contributed by atoms with Crippen LogP contribution in [0.15, 0.2) is 79.0 Å². The molecule has 0 saturated heterocycles. The number of rotatable bonds is 6. The van der Waals surface area contributed by atoms with E-state index in [1.54, 1.807) is 6.07 Å². The molecule has 0 amide bonds. The molecule has 0 bridgehead atoms. The van der Waals surface area contributed by atoms with Gasteiger partial charge in [0.15, 0.2) is 0 Å². The fourth-order valence-corrected chi connectivity index (χ4v) is 3.25. The molecule has 0 aliphatic heterocycles. The van der Waals surface area contributed by atoms with Crippen molar-refractivity contribution in [2.45, 2.75) is 13.2 Å². The van der Waals surface area contributed by atoms with Crippen molar-refractivity contribution in [3.8, 4) is 17.6 Å². The summed E-state index contributed by atoms with van der Waals surface area (Å²) in [5.74, 6) is 7.04. The van der Waals surface area contributed by atoms with Gasteiger partial charge in [0, 0.05) is 29.6 Å². The second kappa shape index (κ2) is 9.37. The molecule has 30 heavy (non-hydrogen) atoms. The fraction of sp³-hybridized carbons (Fsp3) is 0.0870. The van der Waals surface area contributed by atoms with Gasteiger partial charge in [0.25, 0.3) is 0 Å². The zero-order valence-electron chi connectivity index (χ0n) is 15.9. The maximum Gasteiger partial charge on any atom is 0.138 e. The summed E-state index contributed by atoms with van der Waals surface area (Å²) in [6, 6.07) is 22.8. The molecule has 1 atom stereocenters. The Kier molecular flexibility index (Phi) is 6.20. The highest BCUT2D eigenvalue weighted by atomic mass is 32.2. The number of hydrogen-bond acceptors (Lipinski definition) is 4. The van der Waals surface area contributed by atoms with Gasteiger partial charge in [-0.25, -0.2) is 9.71 Å². The Morgan fingerprint density at radius 2 is 1.87 bits per heavy atom. The first kappa shape index (κ1) is 19.9. The summed E-state index contributed by atoms with van der Waals surface area (Å²) < 4.78 is 31.6. The van der Waals surface area contributed by atoms with Gasteiger partial charge in [-0.2, -0.15) is 0 Å². The Morgan fingerprint density at radius 1 is 1.03 bits per heavy atom. The van der Waals surface area contributed by atoms with Crippen molar-refractivity contribution < 1.29 is 13.5 Å². The van der Waals surface area contributed by atoms with Crippen LogP contribution in [-0.4, -0.2) is 18.1 Å². The molecule has 0 saturated carbocycles. The van der Waals surface area contributed by atoms with Crippen LogP contribution < -0.4 is 9.46 Å². The molecular formula is C23H18N3O3S-. The molecule has 4 rings (SSSR count). The Balaban J connectivity index is 1.58. The van der Waals surface area contributed by atoms with Crippen LogP contribution in [0.1, 0.15) is 22.5 Å². The van der Waals surface area contributed by atoms with Gasteiger partial charge in [-0.3, -0.25) is 8.61 Å². The van der Waals surface area contributed by atoms with E-state index in [1.807, 2.05) is 77.3 Å². The molecule has 0 fully saturated rings. The van der Waals surface area contributed by atoms with Gasteiger partial charge in [0.1, 0.15) is 29.4 Å². The lowest BCUT2D eigenvalue weighted by Crippen LogP contribution is -2.15. The average molecular weight is 416 g/mol. The number of benzene rings is 2. The van der Waals surface area contributed by atoms with Crippen molar-refractivity contribution in [3.63, 3.8) is 0 Å². The van der Waals surface area contributed by atoms with Gasteiger partial charge in [-0.05, 0) is 47.9 Å². The molecule has 2 aromatic heterocycles. The van der Waals surface area contributed by atoms with Gasteiger partial charge in [0.05, 0.1) is 0 Å². The minimum atomic E-state index is -2.31. The van der Waals surface area contributed by atoms with Crippen molar-refractivity contribution in [2.24, 2.45) is 0 Å². The highest BCUT2D eigenvalue weighted by molar-refractivity contribution is 7.77. The molecule has 2 heterocycles. The first-order valence-corrected chi connectivity index (χ1v) is 10.3. The van der Waals surface area contributed by atoms with Crippen LogP contribution >= 0.6 is 0 Å². The first-order valence-electron chi connectivity index (χ1n) is 9.26. The molecule has 0 radical (unpaired) electrons. The minimum Gasteiger partial charge on any atom is -0.760 e. The summed E-state index contributed by atoms with van der Waals surface area (Å²) in [4.78, 5) is 4.66. The number of imidazole rings is 1. The van der Waals surface area contributed by atoms with E-state index in [2.05, 4.69) is 21.5 Å². The van der Waals surface area contributed by atoms with E-state index in [0.29, 0.717) is 5.75 Å². The molecule has 1 N–H and O–H groups in total.